The lowest BCUT2D eigenvalue weighted by atomic mass is 10.2. The molecular formula is C25H27N3O4S. The number of hydrogen-bond acceptors (Lipinski definition) is 7. The van der Waals surface area contributed by atoms with Gasteiger partial charge in [-0.1, -0.05) is 43.6 Å². The smallest absolute Gasteiger partial charge is 0.291 e. The van der Waals surface area contributed by atoms with Crippen molar-refractivity contribution in [3.05, 3.63) is 62.9 Å². The van der Waals surface area contributed by atoms with E-state index in [1.54, 1.807) is 20.3 Å². The van der Waals surface area contributed by atoms with E-state index in [4.69, 9.17) is 14.2 Å². The third-order valence-corrected chi connectivity index (χ3v) is 6.23. The van der Waals surface area contributed by atoms with E-state index in [-0.39, 0.29) is 5.56 Å². The predicted octanol–water partition coefficient (Wildman–Crippen LogP) is 4.34. The van der Waals surface area contributed by atoms with Crippen LogP contribution in [0.4, 0.5) is 0 Å². The number of unbranched alkanes of at least 4 members (excludes halogenated alkanes) is 3. The Kier molecular flexibility index (Phi) is 7.24. The predicted molar refractivity (Wildman–Crippen MR) is 131 cm³/mol. The summed E-state index contributed by atoms with van der Waals surface area (Å²) in [6.07, 6.45) is 6.50. The first-order valence-corrected chi connectivity index (χ1v) is 11.8. The van der Waals surface area contributed by atoms with Crippen LogP contribution in [0.5, 0.6) is 17.2 Å². The second kappa shape index (κ2) is 10.5. The van der Waals surface area contributed by atoms with E-state index in [1.165, 1.54) is 35.1 Å². The monoisotopic (exact) mass is 465 g/mol. The van der Waals surface area contributed by atoms with Crippen molar-refractivity contribution in [2.75, 3.05) is 20.8 Å². The van der Waals surface area contributed by atoms with Crippen molar-refractivity contribution in [1.82, 2.24) is 14.6 Å². The topological polar surface area (TPSA) is 75.0 Å². The molecule has 0 bridgehead atoms. The van der Waals surface area contributed by atoms with Crippen LogP contribution in [0.3, 0.4) is 0 Å². The van der Waals surface area contributed by atoms with Crippen LogP contribution in [0.15, 0.2) is 47.3 Å². The summed E-state index contributed by atoms with van der Waals surface area (Å²) in [6, 6.07) is 13.2. The minimum atomic E-state index is -0.199. The fourth-order valence-electron chi connectivity index (χ4n) is 3.47. The van der Waals surface area contributed by atoms with Gasteiger partial charge in [0.2, 0.25) is 4.96 Å². The average Bonchev–Trinajstić information content (AvgIpc) is 3.38. The van der Waals surface area contributed by atoms with Gasteiger partial charge < -0.3 is 14.2 Å². The minimum Gasteiger partial charge on any atom is -0.494 e. The lowest BCUT2D eigenvalue weighted by molar-refractivity contribution is 0.305. The quantitative estimate of drug-likeness (QED) is 0.324. The van der Waals surface area contributed by atoms with Crippen molar-refractivity contribution in [2.24, 2.45) is 0 Å². The third-order valence-electron chi connectivity index (χ3n) is 5.27. The number of methoxy groups -OCH3 is 2. The highest BCUT2D eigenvalue weighted by atomic mass is 32.1. The van der Waals surface area contributed by atoms with Crippen molar-refractivity contribution in [2.45, 2.75) is 32.6 Å². The Morgan fingerprint density at radius 3 is 2.48 bits per heavy atom. The van der Waals surface area contributed by atoms with Gasteiger partial charge in [-0.15, -0.1) is 5.10 Å². The lowest BCUT2D eigenvalue weighted by Gasteiger charge is -2.07. The minimum absolute atomic E-state index is 0.199. The molecular weight excluding hydrogens is 438 g/mol. The fraction of sp³-hybridized carbons (Fsp3) is 0.320. The van der Waals surface area contributed by atoms with E-state index in [0.717, 1.165) is 29.9 Å². The summed E-state index contributed by atoms with van der Waals surface area (Å²) < 4.78 is 18.3. The molecule has 0 aliphatic rings. The fourth-order valence-corrected chi connectivity index (χ4v) is 4.38. The van der Waals surface area contributed by atoms with Crippen LogP contribution in [0, 0.1) is 0 Å². The molecule has 0 spiro atoms. The Morgan fingerprint density at radius 2 is 1.79 bits per heavy atom. The molecule has 0 unspecified atom stereocenters. The molecule has 4 rings (SSSR count). The van der Waals surface area contributed by atoms with Crippen LogP contribution in [0.25, 0.3) is 22.4 Å². The van der Waals surface area contributed by atoms with Gasteiger partial charge in [0.1, 0.15) is 5.75 Å². The van der Waals surface area contributed by atoms with E-state index in [0.29, 0.717) is 26.8 Å². The van der Waals surface area contributed by atoms with Gasteiger partial charge in [-0.2, -0.15) is 9.50 Å². The number of hydrogen-bond donors (Lipinski definition) is 0. The molecule has 0 N–H and O–H groups in total. The molecule has 7 nitrogen and oxygen atoms in total. The number of rotatable bonds is 10. The Bertz CT molecular complexity index is 1330. The number of aromatic nitrogens is 3. The maximum absolute atomic E-state index is 12.9. The van der Waals surface area contributed by atoms with Gasteiger partial charge >= 0.3 is 0 Å². The number of fused-ring (bicyclic) bond motifs is 1. The molecule has 0 fully saturated rings. The van der Waals surface area contributed by atoms with Gasteiger partial charge in [0, 0.05) is 5.56 Å². The highest BCUT2D eigenvalue weighted by Gasteiger charge is 2.12. The summed E-state index contributed by atoms with van der Waals surface area (Å²) in [6.45, 7) is 2.91. The SMILES string of the molecule is CCCCCCOc1ccc(-c2nc3s/c(=C\c4ccc(OC)c(OC)c4)c(=O)n3n2)cc1. The van der Waals surface area contributed by atoms with Crippen LogP contribution in [0.1, 0.15) is 38.2 Å². The zero-order chi connectivity index (χ0) is 23.2. The van der Waals surface area contributed by atoms with Gasteiger partial charge in [0.05, 0.1) is 25.4 Å². The van der Waals surface area contributed by atoms with Crippen molar-refractivity contribution in [3.63, 3.8) is 0 Å². The first-order valence-electron chi connectivity index (χ1n) is 11.0. The maximum Gasteiger partial charge on any atom is 0.291 e. The largest absolute Gasteiger partial charge is 0.494 e. The lowest BCUT2D eigenvalue weighted by Crippen LogP contribution is -2.23. The zero-order valence-corrected chi connectivity index (χ0v) is 19.9. The Morgan fingerprint density at radius 1 is 1.00 bits per heavy atom. The molecule has 0 aliphatic heterocycles. The highest BCUT2D eigenvalue weighted by Crippen LogP contribution is 2.27. The molecule has 2 aromatic carbocycles. The van der Waals surface area contributed by atoms with Gasteiger partial charge in [0.15, 0.2) is 17.3 Å². The van der Waals surface area contributed by atoms with Crippen molar-refractivity contribution < 1.29 is 14.2 Å². The summed E-state index contributed by atoms with van der Waals surface area (Å²) in [7, 11) is 3.17. The average molecular weight is 466 g/mol. The van der Waals surface area contributed by atoms with Gasteiger partial charge in [-0.3, -0.25) is 4.79 Å². The molecule has 0 atom stereocenters. The van der Waals surface area contributed by atoms with Crippen molar-refractivity contribution >= 4 is 22.4 Å². The summed E-state index contributed by atoms with van der Waals surface area (Å²) in [4.78, 5) is 18.0. The number of thiazole rings is 1. The third kappa shape index (κ3) is 5.17. The molecule has 172 valence electrons. The van der Waals surface area contributed by atoms with Crippen LogP contribution >= 0.6 is 11.3 Å². The summed E-state index contributed by atoms with van der Waals surface area (Å²) in [5.74, 6) is 2.59. The Hall–Kier alpha value is -3.39. The van der Waals surface area contributed by atoms with Gasteiger partial charge in [-0.05, 0) is 54.5 Å². The molecule has 0 amide bonds. The molecule has 0 aliphatic carbocycles. The normalized spacial score (nSPS) is 11.8. The molecule has 0 radical (unpaired) electrons. The zero-order valence-electron chi connectivity index (χ0n) is 19.0. The number of benzene rings is 2. The van der Waals surface area contributed by atoms with Crippen LogP contribution in [-0.2, 0) is 0 Å². The van der Waals surface area contributed by atoms with Crippen molar-refractivity contribution in [1.29, 1.82) is 0 Å². The summed E-state index contributed by atoms with van der Waals surface area (Å²) >= 11 is 1.30. The summed E-state index contributed by atoms with van der Waals surface area (Å²) in [5, 5.41) is 4.43. The molecule has 8 heteroatoms. The standard InChI is InChI=1S/C25H27N3O4S/c1-4-5-6-7-14-32-19-11-9-18(10-12-19)23-26-25-28(27-23)24(29)22(33-25)16-17-8-13-20(30-2)21(15-17)31-3/h8-13,15-16H,4-7,14H2,1-3H3/b22-16-. The van der Waals surface area contributed by atoms with Gasteiger partial charge in [-0.25, -0.2) is 0 Å². The summed E-state index contributed by atoms with van der Waals surface area (Å²) in [5.41, 5.74) is 1.48. The van der Waals surface area contributed by atoms with E-state index in [1.807, 2.05) is 42.5 Å². The number of nitrogens with zero attached hydrogens (tertiary/aromatic N) is 3. The first kappa shape index (κ1) is 22.8. The van der Waals surface area contributed by atoms with E-state index < -0.39 is 0 Å². The van der Waals surface area contributed by atoms with Crippen LogP contribution in [0.2, 0.25) is 0 Å². The van der Waals surface area contributed by atoms with E-state index in [2.05, 4.69) is 17.0 Å². The van der Waals surface area contributed by atoms with Gasteiger partial charge in [0.25, 0.3) is 5.56 Å². The van der Waals surface area contributed by atoms with Crippen molar-refractivity contribution in [3.8, 4) is 28.6 Å². The highest BCUT2D eigenvalue weighted by molar-refractivity contribution is 7.15. The second-order valence-corrected chi connectivity index (χ2v) is 8.60. The molecule has 2 heterocycles. The molecule has 33 heavy (non-hydrogen) atoms. The Balaban J connectivity index is 1.52. The molecule has 0 saturated heterocycles. The maximum atomic E-state index is 12.9. The van der Waals surface area contributed by atoms with Crippen LogP contribution < -0.4 is 24.3 Å². The molecule has 0 saturated carbocycles. The van der Waals surface area contributed by atoms with E-state index in [9.17, 15) is 4.79 Å². The second-order valence-electron chi connectivity index (χ2n) is 7.59. The number of ether oxygens (including phenoxy) is 3. The van der Waals surface area contributed by atoms with E-state index >= 15 is 0 Å². The molecule has 4 aromatic rings. The Labute approximate surface area is 196 Å². The molecule has 2 aromatic heterocycles. The van der Waals surface area contributed by atoms with Crippen LogP contribution in [-0.4, -0.2) is 35.4 Å². The first-order chi connectivity index (χ1) is 16.1.